The Morgan fingerprint density at radius 2 is 2.14 bits per heavy atom. The number of likely N-dealkylation sites (N-methyl/N-ethyl adjacent to an activating group) is 1. The van der Waals surface area contributed by atoms with Crippen LogP contribution in [-0.2, 0) is 16.5 Å². The Balaban J connectivity index is 0.00000392. The van der Waals surface area contributed by atoms with E-state index in [4.69, 9.17) is 9.47 Å². The van der Waals surface area contributed by atoms with Crippen molar-refractivity contribution < 1.29 is 9.47 Å². The molecule has 2 rings (SSSR count). The molecule has 9 heteroatoms. The molecule has 0 aliphatic carbocycles. The van der Waals surface area contributed by atoms with Gasteiger partial charge in [-0.2, -0.15) is 5.10 Å². The molecule has 1 aromatic rings. The molecule has 1 unspecified atom stereocenters. The largest absolute Gasteiger partial charge is 0.381 e. The number of ether oxygens (including phenoxy) is 2. The number of nitrogens with one attached hydrogen (secondary N) is 2. The van der Waals surface area contributed by atoms with Gasteiger partial charge >= 0.3 is 0 Å². The second-order valence-corrected chi connectivity index (χ2v) is 7.29. The van der Waals surface area contributed by atoms with Gasteiger partial charge in [-0.05, 0) is 39.3 Å². The van der Waals surface area contributed by atoms with Crippen LogP contribution in [0, 0.1) is 5.92 Å². The summed E-state index contributed by atoms with van der Waals surface area (Å²) in [6, 6.07) is 0.236. The molecule has 1 atom stereocenters. The average molecular weight is 508 g/mol. The van der Waals surface area contributed by atoms with Crippen molar-refractivity contribution >= 4 is 29.9 Å². The standard InChI is InChI=1S/C19H36N6O2.HI/c1-20-19(21-8-5-9-27-15-16-6-10-26-11-7-16)22-13-18(24(2)3)17-12-23-25(4)14-17;/h12,14,16,18H,5-11,13,15H2,1-4H3,(H2,20,21,22);1H. The SMILES string of the molecule is CN=C(NCCCOCC1CCOCC1)NCC(c1cnn(C)c1)N(C)C.I. The zero-order valence-electron chi connectivity index (χ0n) is 17.7. The van der Waals surface area contributed by atoms with E-state index in [1.54, 1.807) is 7.05 Å². The molecular weight excluding hydrogens is 471 g/mol. The van der Waals surface area contributed by atoms with Crippen molar-refractivity contribution in [1.82, 2.24) is 25.3 Å². The Hall–Kier alpha value is -0.910. The van der Waals surface area contributed by atoms with E-state index in [0.29, 0.717) is 5.92 Å². The van der Waals surface area contributed by atoms with Crippen LogP contribution in [0.25, 0.3) is 0 Å². The monoisotopic (exact) mass is 508 g/mol. The van der Waals surface area contributed by atoms with E-state index in [1.165, 1.54) is 5.56 Å². The van der Waals surface area contributed by atoms with Crippen molar-refractivity contribution in [3.05, 3.63) is 18.0 Å². The fourth-order valence-electron chi connectivity index (χ4n) is 3.17. The third-order valence-electron chi connectivity index (χ3n) is 4.87. The summed E-state index contributed by atoms with van der Waals surface area (Å²) in [5.74, 6) is 1.48. The molecule has 0 saturated carbocycles. The van der Waals surface area contributed by atoms with Crippen molar-refractivity contribution in [3.63, 3.8) is 0 Å². The molecular formula is C19H37IN6O2. The van der Waals surface area contributed by atoms with E-state index < -0.39 is 0 Å². The smallest absolute Gasteiger partial charge is 0.191 e. The summed E-state index contributed by atoms with van der Waals surface area (Å²) < 4.78 is 13.0. The predicted molar refractivity (Wildman–Crippen MR) is 123 cm³/mol. The highest BCUT2D eigenvalue weighted by Gasteiger charge is 2.16. The molecule has 1 saturated heterocycles. The second-order valence-electron chi connectivity index (χ2n) is 7.29. The molecule has 28 heavy (non-hydrogen) atoms. The fourth-order valence-corrected chi connectivity index (χ4v) is 3.17. The molecule has 1 fully saturated rings. The fraction of sp³-hybridized carbons (Fsp3) is 0.789. The Labute approximate surface area is 186 Å². The third-order valence-corrected chi connectivity index (χ3v) is 4.87. The van der Waals surface area contributed by atoms with Gasteiger partial charge in [0, 0.05) is 65.4 Å². The van der Waals surface area contributed by atoms with Crippen molar-refractivity contribution in [3.8, 4) is 0 Å². The normalized spacial score (nSPS) is 16.7. The zero-order chi connectivity index (χ0) is 19.5. The van der Waals surface area contributed by atoms with Gasteiger partial charge in [0.25, 0.3) is 0 Å². The summed E-state index contributed by atoms with van der Waals surface area (Å²) in [6.07, 6.45) is 7.18. The molecule has 1 aliphatic heterocycles. The first-order chi connectivity index (χ1) is 13.1. The summed E-state index contributed by atoms with van der Waals surface area (Å²) in [7, 11) is 7.89. The lowest BCUT2D eigenvalue weighted by atomic mass is 10.0. The highest BCUT2D eigenvalue weighted by atomic mass is 127. The predicted octanol–water partition coefficient (Wildman–Crippen LogP) is 1.64. The molecule has 0 spiro atoms. The third kappa shape index (κ3) is 9.06. The molecule has 2 heterocycles. The van der Waals surface area contributed by atoms with Crippen LogP contribution in [0.5, 0.6) is 0 Å². The Morgan fingerprint density at radius 1 is 1.39 bits per heavy atom. The summed E-state index contributed by atoms with van der Waals surface area (Å²) in [5, 5.41) is 11.0. The van der Waals surface area contributed by atoms with Gasteiger partial charge in [-0.15, -0.1) is 24.0 Å². The van der Waals surface area contributed by atoms with Crippen LogP contribution in [0.3, 0.4) is 0 Å². The molecule has 1 aromatic heterocycles. The average Bonchev–Trinajstić information content (AvgIpc) is 3.09. The number of nitrogens with zero attached hydrogens (tertiary/aromatic N) is 4. The number of halogens is 1. The van der Waals surface area contributed by atoms with Gasteiger partial charge in [0.2, 0.25) is 0 Å². The van der Waals surface area contributed by atoms with Crippen LogP contribution in [0.4, 0.5) is 0 Å². The van der Waals surface area contributed by atoms with E-state index in [2.05, 4.69) is 45.9 Å². The minimum absolute atomic E-state index is 0. The highest BCUT2D eigenvalue weighted by molar-refractivity contribution is 14.0. The first-order valence-electron chi connectivity index (χ1n) is 9.85. The van der Waals surface area contributed by atoms with E-state index in [9.17, 15) is 0 Å². The maximum Gasteiger partial charge on any atom is 0.191 e. The number of aliphatic imine (C=N–C) groups is 1. The molecule has 2 N–H and O–H groups in total. The van der Waals surface area contributed by atoms with Crippen LogP contribution in [-0.4, -0.2) is 81.3 Å². The minimum atomic E-state index is 0. The van der Waals surface area contributed by atoms with Gasteiger partial charge in [-0.25, -0.2) is 0 Å². The number of aryl methyl sites for hydroxylation is 1. The number of hydrogen-bond acceptors (Lipinski definition) is 5. The molecule has 1 aliphatic rings. The Morgan fingerprint density at radius 3 is 2.75 bits per heavy atom. The van der Waals surface area contributed by atoms with Gasteiger partial charge in [-0.3, -0.25) is 9.67 Å². The lowest BCUT2D eigenvalue weighted by Gasteiger charge is -2.24. The summed E-state index contributed by atoms with van der Waals surface area (Å²) in [6.45, 7) is 4.99. The van der Waals surface area contributed by atoms with Gasteiger partial charge < -0.3 is 25.0 Å². The van der Waals surface area contributed by atoms with Crippen molar-refractivity contribution in [2.75, 3.05) is 60.7 Å². The zero-order valence-corrected chi connectivity index (χ0v) is 20.0. The first-order valence-corrected chi connectivity index (χ1v) is 9.85. The van der Waals surface area contributed by atoms with Crippen LogP contribution < -0.4 is 10.6 Å². The lowest BCUT2D eigenvalue weighted by Crippen LogP contribution is -2.42. The van der Waals surface area contributed by atoms with Crippen molar-refractivity contribution in [2.45, 2.75) is 25.3 Å². The van der Waals surface area contributed by atoms with Crippen LogP contribution in [0.2, 0.25) is 0 Å². The summed E-state index contributed by atoms with van der Waals surface area (Å²) in [4.78, 5) is 6.49. The maximum atomic E-state index is 5.81. The summed E-state index contributed by atoms with van der Waals surface area (Å²) >= 11 is 0. The van der Waals surface area contributed by atoms with Gasteiger partial charge in [0.1, 0.15) is 0 Å². The Kier molecular flexibility index (Phi) is 12.7. The number of rotatable bonds is 10. The molecule has 162 valence electrons. The molecule has 8 nitrogen and oxygen atoms in total. The van der Waals surface area contributed by atoms with E-state index in [0.717, 1.165) is 64.7 Å². The quantitative estimate of drug-likeness (QED) is 0.217. The van der Waals surface area contributed by atoms with Crippen LogP contribution >= 0.6 is 24.0 Å². The second kappa shape index (κ2) is 14.1. The number of hydrogen-bond donors (Lipinski definition) is 2. The highest BCUT2D eigenvalue weighted by Crippen LogP contribution is 2.16. The number of guanidine groups is 1. The molecule has 0 radical (unpaired) electrons. The van der Waals surface area contributed by atoms with Crippen LogP contribution in [0.1, 0.15) is 30.9 Å². The lowest BCUT2D eigenvalue weighted by molar-refractivity contribution is 0.0203. The minimum Gasteiger partial charge on any atom is -0.381 e. The van der Waals surface area contributed by atoms with Crippen LogP contribution in [0.15, 0.2) is 17.4 Å². The van der Waals surface area contributed by atoms with E-state index in [1.807, 2.05) is 17.9 Å². The molecule has 0 bridgehead atoms. The van der Waals surface area contributed by atoms with Gasteiger partial charge in [0.15, 0.2) is 5.96 Å². The van der Waals surface area contributed by atoms with E-state index >= 15 is 0 Å². The number of aromatic nitrogens is 2. The van der Waals surface area contributed by atoms with Gasteiger partial charge in [-0.1, -0.05) is 0 Å². The van der Waals surface area contributed by atoms with Crippen molar-refractivity contribution in [2.24, 2.45) is 18.0 Å². The van der Waals surface area contributed by atoms with Gasteiger partial charge in [0.05, 0.1) is 12.2 Å². The summed E-state index contributed by atoms with van der Waals surface area (Å²) in [5.41, 5.74) is 1.19. The first kappa shape index (κ1) is 25.1. The molecule has 0 aromatic carbocycles. The Bertz CT molecular complexity index is 560. The molecule has 0 amide bonds. The van der Waals surface area contributed by atoms with Crippen molar-refractivity contribution in [1.29, 1.82) is 0 Å². The topological polar surface area (TPSA) is 75.9 Å². The van der Waals surface area contributed by atoms with E-state index in [-0.39, 0.29) is 30.0 Å². The maximum absolute atomic E-state index is 5.81.